The third-order valence-corrected chi connectivity index (χ3v) is 3.16. The van der Waals surface area contributed by atoms with Crippen molar-refractivity contribution in [1.82, 2.24) is 4.90 Å². The van der Waals surface area contributed by atoms with Gasteiger partial charge < -0.3 is 10.2 Å². The van der Waals surface area contributed by atoms with Gasteiger partial charge in [0.1, 0.15) is 0 Å². The van der Waals surface area contributed by atoms with E-state index in [0.29, 0.717) is 26.1 Å². The van der Waals surface area contributed by atoms with Crippen molar-refractivity contribution in [1.29, 1.82) is 0 Å². The Balaban J connectivity index is 2.59. The molecule has 0 fully saturated rings. The number of carbonyl (C=O) groups is 2. The molecule has 20 heavy (non-hydrogen) atoms. The van der Waals surface area contributed by atoms with Crippen molar-refractivity contribution < 1.29 is 19.8 Å². The summed E-state index contributed by atoms with van der Waals surface area (Å²) in [5.74, 6) is -1.66. The van der Waals surface area contributed by atoms with Gasteiger partial charge in [-0.2, -0.15) is 0 Å². The van der Waals surface area contributed by atoms with Gasteiger partial charge in [0.2, 0.25) is 0 Å². The Kier molecular flexibility index (Phi) is 6.73. The molecule has 0 amide bonds. The van der Waals surface area contributed by atoms with E-state index in [1.54, 1.807) is 0 Å². The molecular formula is C15H21NO4. The van der Waals surface area contributed by atoms with Gasteiger partial charge in [-0.3, -0.25) is 14.5 Å². The lowest BCUT2D eigenvalue weighted by Gasteiger charge is -2.22. The lowest BCUT2D eigenvalue weighted by Crippen LogP contribution is -2.28. The molecule has 0 aliphatic heterocycles. The van der Waals surface area contributed by atoms with E-state index in [1.807, 2.05) is 36.1 Å². The molecular weight excluding hydrogens is 258 g/mol. The summed E-state index contributed by atoms with van der Waals surface area (Å²) in [7, 11) is 0. The summed E-state index contributed by atoms with van der Waals surface area (Å²) in [6.07, 6.45) is 0.705. The van der Waals surface area contributed by atoms with Gasteiger partial charge in [0.25, 0.3) is 0 Å². The Labute approximate surface area is 118 Å². The second-order valence-electron chi connectivity index (χ2n) is 4.84. The summed E-state index contributed by atoms with van der Waals surface area (Å²) >= 11 is 0. The number of nitrogens with zero attached hydrogens (tertiary/aromatic N) is 1. The van der Waals surface area contributed by atoms with E-state index in [1.165, 1.54) is 0 Å². The molecule has 0 bridgehead atoms. The molecule has 0 radical (unpaired) electrons. The molecule has 0 unspecified atom stereocenters. The maximum Gasteiger partial charge on any atom is 0.304 e. The van der Waals surface area contributed by atoms with Crippen molar-refractivity contribution in [2.45, 2.75) is 32.7 Å². The second-order valence-corrected chi connectivity index (χ2v) is 4.84. The minimum absolute atomic E-state index is 0.0684. The molecule has 5 nitrogen and oxygen atoms in total. The van der Waals surface area contributed by atoms with Crippen LogP contribution in [0.2, 0.25) is 0 Å². The summed E-state index contributed by atoms with van der Waals surface area (Å²) in [6, 6.07) is 7.95. The highest BCUT2D eigenvalue weighted by atomic mass is 16.4. The van der Waals surface area contributed by atoms with Crippen LogP contribution in [0, 0.1) is 6.92 Å². The zero-order valence-corrected chi connectivity index (χ0v) is 11.7. The van der Waals surface area contributed by atoms with E-state index in [-0.39, 0.29) is 12.8 Å². The summed E-state index contributed by atoms with van der Waals surface area (Å²) in [4.78, 5) is 23.2. The van der Waals surface area contributed by atoms with Crippen LogP contribution in [0.1, 0.15) is 30.4 Å². The van der Waals surface area contributed by atoms with Gasteiger partial charge in [0.15, 0.2) is 0 Å². The molecule has 0 spiro atoms. The Morgan fingerprint density at radius 3 is 2.30 bits per heavy atom. The molecule has 0 heterocycles. The first kappa shape index (κ1) is 16.2. The quantitative estimate of drug-likeness (QED) is 0.724. The molecule has 5 heteroatoms. The number of aryl methyl sites for hydroxylation is 1. The average molecular weight is 279 g/mol. The molecule has 0 atom stereocenters. The second kappa shape index (κ2) is 8.32. The summed E-state index contributed by atoms with van der Waals surface area (Å²) in [5, 5.41) is 17.4. The average Bonchev–Trinajstić information content (AvgIpc) is 2.37. The van der Waals surface area contributed by atoms with Crippen molar-refractivity contribution in [2.24, 2.45) is 0 Å². The largest absolute Gasteiger partial charge is 0.481 e. The summed E-state index contributed by atoms with van der Waals surface area (Å²) < 4.78 is 0. The summed E-state index contributed by atoms with van der Waals surface area (Å²) in [6.45, 7) is 3.69. The van der Waals surface area contributed by atoms with E-state index in [2.05, 4.69) is 0 Å². The highest BCUT2D eigenvalue weighted by Crippen LogP contribution is 2.11. The normalized spacial score (nSPS) is 10.7. The van der Waals surface area contributed by atoms with Crippen molar-refractivity contribution in [3.63, 3.8) is 0 Å². The van der Waals surface area contributed by atoms with E-state index in [9.17, 15) is 9.59 Å². The third kappa shape index (κ3) is 6.33. The molecule has 0 saturated heterocycles. The van der Waals surface area contributed by atoms with E-state index >= 15 is 0 Å². The van der Waals surface area contributed by atoms with Gasteiger partial charge in [-0.1, -0.05) is 24.3 Å². The molecule has 0 aliphatic rings. The fourth-order valence-corrected chi connectivity index (χ4v) is 2.01. The molecule has 0 aromatic heterocycles. The maximum absolute atomic E-state index is 10.7. The highest BCUT2D eigenvalue weighted by molar-refractivity contribution is 5.67. The minimum atomic E-state index is -0.835. The van der Waals surface area contributed by atoms with Gasteiger partial charge in [0.05, 0.1) is 6.42 Å². The zero-order valence-electron chi connectivity index (χ0n) is 11.7. The SMILES string of the molecule is Cc1ccccc1CN(CCCC(=O)O)CCC(=O)O. The fourth-order valence-electron chi connectivity index (χ4n) is 2.01. The third-order valence-electron chi connectivity index (χ3n) is 3.16. The van der Waals surface area contributed by atoms with Crippen molar-refractivity contribution in [2.75, 3.05) is 13.1 Å². The van der Waals surface area contributed by atoms with Crippen LogP contribution < -0.4 is 0 Å². The topological polar surface area (TPSA) is 77.8 Å². The zero-order chi connectivity index (χ0) is 15.0. The molecule has 1 aromatic rings. The molecule has 0 saturated carbocycles. The van der Waals surface area contributed by atoms with Crippen LogP contribution in [-0.2, 0) is 16.1 Å². The summed E-state index contributed by atoms with van der Waals surface area (Å²) in [5.41, 5.74) is 2.30. The van der Waals surface area contributed by atoms with Gasteiger partial charge in [0, 0.05) is 19.5 Å². The van der Waals surface area contributed by atoms with Crippen molar-refractivity contribution in [3.8, 4) is 0 Å². The number of benzene rings is 1. The van der Waals surface area contributed by atoms with Crippen molar-refractivity contribution >= 4 is 11.9 Å². The van der Waals surface area contributed by atoms with Crippen LogP contribution in [0.5, 0.6) is 0 Å². The molecule has 2 N–H and O–H groups in total. The molecule has 1 rings (SSSR count). The van der Waals surface area contributed by atoms with Gasteiger partial charge >= 0.3 is 11.9 Å². The number of carboxylic acid groups (broad SMARTS) is 2. The first-order valence-corrected chi connectivity index (χ1v) is 6.69. The molecule has 0 aliphatic carbocycles. The fraction of sp³-hybridized carbons (Fsp3) is 0.467. The number of carboxylic acids is 2. The van der Waals surface area contributed by atoms with Crippen LogP contribution in [-0.4, -0.2) is 40.1 Å². The van der Waals surface area contributed by atoms with Crippen LogP contribution >= 0.6 is 0 Å². The van der Waals surface area contributed by atoms with Crippen LogP contribution in [0.3, 0.4) is 0 Å². The van der Waals surface area contributed by atoms with Gasteiger partial charge in [-0.15, -0.1) is 0 Å². The standard InChI is InChI=1S/C15H21NO4/c1-12-5-2-3-6-13(12)11-16(10-8-15(19)20)9-4-7-14(17)18/h2-3,5-6H,4,7-11H2,1H3,(H,17,18)(H,19,20). The van der Waals surface area contributed by atoms with E-state index in [4.69, 9.17) is 10.2 Å². The lowest BCUT2D eigenvalue weighted by molar-refractivity contribution is -0.138. The van der Waals surface area contributed by atoms with Gasteiger partial charge in [-0.25, -0.2) is 0 Å². The van der Waals surface area contributed by atoms with E-state index < -0.39 is 11.9 Å². The maximum atomic E-state index is 10.7. The number of hydrogen-bond donors (Lipinski definition) is 2. The smallest absolute Gasteiger partial charge is 0.304 e. The van der Waals surface area contributed by atoms with E-state index in [0.717, 1.165) is 11.1 Å². The van der Waals surface area contributed by atoms with Gasteiger partial charge in [-0.05, 0) is 31.0 Å². The first-order chi connectivity index (χ1) is 9.49. The predicted molar refractivity (Wildman–Crippen MR) is 75.6 cm³/mol. The number of rotatable bonds is 9. The number of hydrogen-bond acceptors (Lipinski definition) is 3. The van der Waals surface area contributed by atoms with Crippen LogP contribution in [0.25, 0.3) is 0 Å². The minimum Gasteiger partial charge on any atom is -0.481 e. The Hall–Kier alpha value is -1.88. The highest BCUT2D eigenvalue weighted by Gasteiger charge is 2.10. The van der Waals surface area contributed by atoms with Crippen molar-refractivity contribution in [3.05, 3.63) is 35.4 Å². The Bertz CT molecular complexity index is 459. The van der Waals surface area contributed by atoms with Crippen LogP contribution in [0.4, 0.5) is 0 Å². The molecule has 1 aromatic carbocycles. The lowest BCUT2D eigenvalue weighted by atomic mass is 10.1. The monoisotopic (exact) mass is 279 g/mol. The Morgan fingerprint density at radius 1 is 1.05 bits per heavy atom. The number of aliphatic carboxylic acids is 2. The Morgan fingerprint density at radius 2 is 1.70 bits per heavy atom. The molecule has 110 valence electrons. The van der Waals surface area contributed by atoms with Crippen LogP contribution in [0.15, 0.2) is 24.3 Å². The first-order valence-electron chi connectivity index (χ1n) is 6.69. The predicted octanol–water partition coefficient (Wildman–Crippen LogP) is 2.14.